The van der Waals surface area contributed by atoms with Crippen LogP contribution in [-0.4, -0.2) is 11.7 Å². The van der Waals surface area contributed by atoms with Gasteiger partial charge in [-0.25, -0.2) is 4.39 Å². The normalized spacial score (nSPS) is 12.8. The molecule has 0 spiro atoms. The lowest BCUT2D eigenvalue weighted by Gasteiger charge is -2.13. The second kappa shape index (κ2) is 4.96. The Bertz CT molecular complexity index is 301. The first-order valence-corrected chi connectivity index (χ1v) is 4.87. The van der Waals surface area contributed by atoms with E-state index < -0.39 is 5.82 Å². The average molecular weight is 197 g/mol. The number of phenols is 1. The summed E-state index contributed by atoms with van der Waals surface area (Å²) in [4.78, 5) is 0. The van der Waals surface area contributed by atoms with Gasteiger partial charge in [0.25, 0.3) is 0 Å². The molecule has 0 amide bonds. The van der Waals surface area contributed by atoms with E-state index in [1.807, 2.05) is 6.92 Å². The number of benzene rings is 1. The molecule has 0 aliphatic carbocycles. The minimum absolute atomic E-state index is 0.116. The van der Waals surface area contributed by atoms with Gasteiger partial charge in [0, 0.05) is 6.04 Å². The minimum Gasteiger partial charge on any atom is -0.505 e. The van der Waals surface area contributed by atoms with Gasteiger partial charge in [-0.15, -0.1) is 0 Å². The zero-order chi connectivity index (χ0) is 10.6. The zero-order valence-electron chi connectivity index (χ0n) is 8.55. The molecule has 14 heavy (non-hydrogen) atoms. The van der Waals surface area contributed by atoms with E-state index in [2.05, 4.69) is 12.2 Å². The molecule has 0 saturated heterocycles. The van der Waals surface area contributed by atoms with Gasteiger partial charge in [0.05, 0.1) is 0 Å². The highest BCUT2D eigenvalue weighted by atomic mass is 19.1. The van der Waals surface area contributed by atoms with Crippen molar-refractivity contribution in [2.45, 2.75) is 26.3 Å². The van der Waals surface area contributed by atoms with E-state index in [0.717, 1.165) is 18.5 Å². The monoisotopic (exact) mass is 197 g/mol. The van der Waals surface area contributed by atoms with Gasteiger partial charge in [0.1, 0.15) is 0 Å². The van der Waals surface area contributed by atoms with Crippen LogP contribution >= 0.6 is 0 Å². The standard InChI is InChI=1S/C11H16FNO/c1-3-6-13-8(2)9-4-5-11(14)10(12)7-9/h4-5,7-8,13-14H,3,6H2,1-2H3/t8-/m1/s1. The maximum Gasteiger partial charge on any atom is 0.165 e. The molecule has 0 aliphatic heterocycles. The molecule has 0 saturated carbocycles. The van der Waals surface area contributed by atoms with Crippen LogP contribution < -0.4 is 5.32 Å². The smallest absolute Gasteiger partial charge is 0.165 e. The predicted molar refractivity (Wildman–Crippen MR) is 54.8 cm³/mol. The van der Waals surface area contributed by atoms with Gasteiger partial charge in [0.2, 0.25) is 0 Å². The number of halogens is 1. The van der Waals surface area contributed by atoms with Crippen LogP contribution in [0.1, 0.15) is 31.9 Å². The lowest BCUT2D eigenvalue weighted by Crippen LogP contribution is -2.19. The Labute approximate surface area is 83.8 Å². The number of rotatable bonds is 4. The Balaban J connectivity index is 2.70. The van der Waals surface area contributed by atoms with Crippen LogP contribution in [0.3, 0.4) is 0 Å². The number of hydrogen-bond acceptors (Lipinski definition) is 2. The van der Waals surface area contributed by atoms with Crippen LogP contribution in [0.15, 0.2) is 18.2 Å². The van der Waals surface area contributed by atoms with Gasteiger partial charge < -0.3 is 10.4 Å². The summed E-state index contributed by atoms with van der Waals surface area (Å²) in [5.41, 5.74) is 0.855. The van der Waals surface area contributed by atoms with Crippen molar-refractivity contribution in [2.24, 2.45) is 0 Å². The zero-order valence-corrected chi connectivity index (χ0v) is 8.55. The average Bonchev–Trinajstić information content (AvgIpc) is 2.18. The quantitative estimate of drug-likeness (QED) is 0.777. The summed E-state index contributed by atoms with van der Waals surface area (Å²) in [6.07, 6.45) is 1.05. The first-order chi connectivity index (χ1) is 6.65. The largest absolute Gasteiger partial charge is 0.505 e. The van der Waals surface area contributed by atoms with Gasteiger partial charge in [0.15, 0.2) is 11.6 Å². The maximum atomic E-state index is 13.0. The Morgan fingerprint density at radius 1 is 1.50 bits per heavy atom. The fourth-order valence-corrected chi connectivity index (χ4v) is 1.27. The third-order valence-electron chi connectivity index (χ3n) is 2.17. The van der Waals surface area contributed by atoms with Crippen molar-refractivity contribution in [3.8, 4) is 5.75 Å². The van der Waals surface area contributed by atoms with Crippen molar-refractivity contribution < 1.29 is 9.50 Å². The molecule has 78 valence electrons. The Kier molecular flexibility index (Phi) is 3.89. The third kappa shape index (κ3) is 2.70. The van der Waals surface area contributed by atoms with Gasteiger partial charge in [-0.2, -0.15) is 0 Å². The van der Waals surface area contributed by atoms with Gasteiger partial charge in [-0.05, 0) is 37.6 Å². The maximum absolute atomic E-state index is 13.0. The van der Waals surface area contributed by atoms with Gasteiger partial charge in [-0.1, -0.05) is 13.0 Å². The molecule has 2 N–H and O–H groups in total. The van der Waals surface area contributed by atoms with E-state index in [1.165, 1.54) is 12.1 Å². The van der Waals surface area contributed by atoms with Crippen molar-refractivity contribution in [1.29, 1.82) is 0 Å². The number of nitrogens with one attached hydrogen (secondary N) is 1. The number of phenolic OH excluding ortho intramolecular Hbond substituents is 1. The molecule has 0 radical (unpaired) electrons. The van der Waals surface area contributed by atoms with E-state index in [1.54, 1.807) is 6.07 Å². The molecule has 0 aromatic heterocycles. The molecule has 0 heterocycles. The van der Waals surface area contributed by atoms with Crippen molar-refractivity contribution in [2.75, 3.05) is 6.54 Å². The van der Waals surface area contributed by atoms with E-state index in [0.29, 0.717) is 0 Å². The molecule has 1 aromatic carbocycles. The summed E-state index contributed by atoms with van der Waals surface area (Å²) < 4.78 is 13.0. The van der Waals surface area contributed by atoms with Gasteiger partial charge in [-0.3, -0.25) is 0 Å². The van der Waals surface area contributed by atoms with Crippen molar-refractivity contribution in [3.05, 3.63) is 29.6 Å². The molecular formula is C11H16FNO. The molecular weight excluding hydrogens is 181 g/mol. The van der Waals surface area contributed by atoms with Crippen LogP contribution in [0.2, 0.25) is 0 Å². The SMILES string of the molecule is CCCN[C@H](C)c1ccc(O)c(F)c1. The Morgan fingerprint density at radius 3 is 2.79 bits per heavy atom. The summed E-state index contributed by atoms with van der Waals surface area (Å²) in [7, 11) is 0. The molecule has 0 unspecified atom stereocenters. The van der Waals surface area contributed by atoms with Crippen molar-refractivity contribution in [3.63, 3.8) is 0 Å². The minimum atomic E-state index is -0.562. The molecule has 0 aliphatic rings. The lowest BCUT2D eigenvalue weighted by molar-refractivity contribution is 0.430. The topological polar surface area (TPSA) is 32.3 Å². The highest BCUT2D eigenvalue weighted by molar-refractivity contribution is 5.29. The fourth-order valence-electron chi connectivity index (χ4n) is 1.27. The van der Waals surface area contributed by atoms with Crippen LogP contribution in [-0.2, 0) is 0 Å². The van der Waals surface area contributed by atoms with Crippen molar-refractivity contribution in [1.82, 2.24) is 5.32 Å². The van der Waals surface area contributed by atoms with Crippen LogP contribution in [0.25, 0.3) is 0 Å². The molecule has 1 aromatic rings. The lowest BCUT2D eigenvalue weighted by atomic mass is 10.1. The van der Waals surface area contributed by atoms with Gasteiger partial charge >= 0.3 is 0 Å². The molecule has 2 nitrogen and oxygen atoms in total. The van der Waals surface area contributed by atoms with E-state index in [4.69, 9.17) is 5.11 Å². The molecule has 3 heteroatoms. The first kappa shape index (κ1) is 11.0. The van der Waals surface area contributed by atoms with E-state index >= 15 is 0 Å². The Hall–Kier alpha value is -1.09. The van der Waals surface area contributed by atoms with Crippen LogP contribution in [0, 0.1) is 5.82 Å². The predicted octanol–water partition coefficient (Wildman–Crippen LogP) is 2.59. The summed E-state index contributed by atoms with van der Waals surface area (Å²) >= 11 is 0. The second-order valence-corrected chi connectivity index (χ2v) is 3.39. The summed E-state index contributed by atoms with van der Waals surface area (Å²) in [5, 5.41) is 12.3. The third-order valence-corrected chi connectivity index (χ3v) is 2.17. The number of hydrogen-bond donors (Lipinski definition) is 2. The molecule has 1 atom stereocenters. The highest BCUT2D eigenvalue weighted by Gasteiger charge is 2.07. The summed E-state index contributed by atoms with van der Waals surface area (Å²) in [5.74, 6) is -0.857. The molecule has 0 bridgehead atoms. The summed E-state index contributed by atoms with van der Waals surface area (Å²) in [6.45, 7) is 4.96. The Morgan fingerprint density at radius 2 is 2.21 bits per heavy atom. The van der Waals surface area contributed by atoms with E-state index in [9.17, 15) is 4.39 Å². The second-order valence-electron chi connectivity index (χ2n) is 3.39. The molecule has 0 fully saturated rings. The number of aromatic hydroxyl groups is 1. The highest BCUT2D eigenvalue weighted by Crippen LogP contribution is 2.20. The van der Waals surface area contributed by atoms with Crippen molar-refractivity contribution >= 4 is 0 Å². The van der Waals surface area contributed by atoms with E-state index in [-0.39, 0.29) is 11.8 Å². The fraction of sp³-hybridized carbons (Fsp3) is 0.455. The van der Waals surface area contributed by atoms with Crippen LogP contribution in [0.4, 0.5) is 4.39 Å². The molecule has 1 rings (SSSR count). The first-order valence-electron chi connectivity index (χ1n) is 4.87. The summed E-state index contributed by atoms with van der Waals surface area (Å²) in [6, 6.07) is 4.59. The van der Waals surface area contributed by atoms with Crippen LogP contribution in [0.5, 0.6) is 5.75 Å².